The van der Waals surface area contributed by atoms with Crippen molar-refractivity contribution in [2.24, 2.45) is 0 Å². The van der Waals surface area contributed by atoms with Gasteiger partial charge in [0, 0.05) is 16.7 Å². The van der Waals surface area contributed by atoms with Gasteiger partial charge >= 0.3 is 0 Å². The van der Waals surface area contributed by atoms with Crippen molar-refractivity contribution in [1.82, 2.24) is 0 Å². The van der Waals surface area contributed by atoms with Gasteiger partial charge in [-0.05, 0) is 24.3 Å². The first-order valence-electron chi connectivity index (χ1n) is 5.43. The maximum atomic E-state index is 12.9. The number of ketones is 1. The van der Waals surface area contributed by atoms with Gasteiger partial charge in [0.25, 0.3) is 0 Å². The molecule has 0 saturated carbocycles. The van der Waals surface area contributed by atoms with E-state index in [0.29, 0.717) is 16.3 Å². The zero-order valence-electron chi connectivity index (χ0n) is 9.70. The summed E-state index contributed by atoms with van der Waals surface area (Å²) in [5, 5.41) is 0.434. The smallest absolute Gasteiger partial charge is 0.200 e. The molecule has 0 amide bonds. The van der Waals surface area contributed by atoms with Crippen LogP contribution in [0.4, 0.5) is 4.39 Å². The van der Waals surface area contributed by atoms with E-state index in [1.165, 1.54) is 18.2 Å². The van der Waals surface area contributed by atoms with Crippen molar-refractivity contribution in [1.29, 1.82) is 0 Å². The summed E-state index contributed by atoms with van der Waals surface area (Å²) < 4.78 is 18.2. The molecule has 2 nitrogen and oxygen atoms in total. The lowest BCUT2D eigenvalue weighted by atomic mass is 10.1. The lowest BCUT2D eigenvalue weighted by molar-refractivity contribution is 0.0921. The Hall–Kier alpha value is -1.58. The van der Waals surface area contributed by atoms with E-state index in [9.17, 15) is 9.18 Å². The van der Waals surface area contributed by atoms with Gasteiger partial charge in [-0.25, -0.2) is 4.39 Å². The summed E-state index contributed by atoms with van der Waals surface area (Å²) in [6.45, 7) is -0.164. The van der Waals surface area contributed by atoms with Crippen molar-refractivity contribution in [3.8, 4) is 5.75 Å². The van der Waals surface area contributed by atoms with Gasteiger partial charge in [0.1, 0.15) is 11.6 Å². The van der Waals surface area contributed by atoms with Crippen LogP contribution in [0.3, 0.4) is 0 Å². The SMILES string of the molecule is O=C(COc1ccc(F)c(Cl)c1)c1cccc(Cl)c1. The van der Waals surface area contributed by atoms with Gasteiger partial charge in [0.15, 0.2) is 12.4 Å². The topological polar surface area (TPSA) is 26.3 Å². The molecule has 0 atom stereocenters. The number of ether oxygens (including phenoxy) is 1. The minimum atomic E-state index is -0.532. The molecule has 0 saturated heterocycles. The Bertz CT molecular complexity index is 614. The molecule has 2 rings (SSSR count). The fourth-order valence-corrected chi connectivity index (χ4v) is 1.82. The highest BCUT2D eigenvalue weighted by Gasteiger charge is 2.08. The second kappa shape index (κ2) is 6.04. The van der Waals surface area contributed by atoms with Gasteiger partial charge in [-0.1, -0.05) is 35.3 Å². The molecule has 0 heterocycles. The Morgan fingerprint density at radius 3 is 2.63 bits per heavy atom. The van der Waals surface area contributed by atoms with Crippen LogP contribution in [0.2, 0.25) is 10.0 Å². The third-order valence-electron chi connectivity index (χ3n) is 2.41. The highest BCUT2D eigenvalue weighted by atomic mass is 35.5. The molecule has 0 aliphatic rings. The van der Waals surface area contributed by atoms with Crippen molar-refractivity contribution < 1.29 is 13.9 Å². The predicted molar refractivity (Wildman–Crippen MR) is 72.7 cm³/mol. The Morgan fingerprint density at radius 2 is 1.95 bits per heavy atom. The number of carbonyl (C=O) groups is 1. The maximum Gasteiger partial charge on any atom is 0.200 e. The van der Waals surface area contributed by atoms with Crippen molar-refractivity contribution in [3.05, 3.63) is 63.9 Å². The van der Waals surface area contributed by atoms with Crippen LogP contribution in [0.25, 0.3) is 0 Å². The zero-order valence-corrected chi connectivity index (χ0v) is 11.2. The molecular weight excluding hydrogens is 290 g/mol. The van der Waals surface area contributed by atoms with Crippen molar-refractivity contribution in [3.63, 3.8) is 0 Å². The van der Waals surface area contributed by atoms with Gasteiger partial charge in [-0.3, -0.25) is 4.79 Å². The van der Waals surface area contributed by atoms with Gasteiger partial charge in [0.05, 0.1) is 5.02 Å². The molecule has 0 unspecified atom stereocenters. The predicted octanol–water partition coefficient (Wildman–Crippen LogP) is 4.39. The van der Waals surface area contributed by atoms with Crippen LogP contribution < -0.4 is 4.74 Å². The first-order valence-corrected chi connectivity index (χ1v) is 6.18. The van der Waals surface area contributed by atoms with Crippen molar-refractivity contribution in [2.75, 3.05) is 6.61 Å². The van der Waals surface area contributed by atoms with Crippen molar-refractivity contribution in [2.45, 2.75) is 0 Å². The average molecular weight is 299 g/mol. The van der Waals surface area contributed by atoms with Gasteiger partial charge in [-0.15, -0.1) is 0 Å². The minimum absolute atomic E-state index is 0.0484. The van der Waals surface area contributed by atoms with Crippen LogP contribution in [0.1, 0.15) is 10.4 Å². The molecule has 0 N–H and O–H groups in total. The first kappa shape index (κ1) is 13.8. The van der Waals surface area contributed by atoms with E-state index in [0.717, 1.165) is 0 Å². The lowest BCUT2D eigenvalue weighted by Crippen LogP contribution is -2.11. The summed E-state index contributed by atoms with van der Waals surface area (Å²) in [4.78, 5) is 11.8. The van der Waals surface area contributed by atoms with Crippen LogP contribution in [0, 0.1) is 5.82 Å². The van der Waals surface area contributed by atoms with Crippen LogP contribution in [-0.4, -0.2) is 12.4 Å². The van der Waals surface area contributed by atoms with Gasteiger partial charge in [-0.2, -0.15) is 0 Å². The Balaban J connectivity index is 2.02. The van der Waals surface area contributed by atoms with E-state index in [4.69, 9.17) is 27.9 Å². The Morgan fingerprint density at radius 1 is 1.16 bits per heavy atom. The van der Waals surface area contributed by atoms with Crippen LogP contribution in [0.5, 0.6) is 5.75 Å². The monoisotopic (exact) mass is 298 g/mol. The van der Waals surface area contributed by atoms with E-state index in [-0.39, 0.29) is 17.4 Å². The number of Topliss-reactive ketones (excluding diaryl/α,β-unsaturated/α-hetero) is 1. The standard InChI is InChI=1S/C14H9Cl2FO2/c15-10-3-1-2-9(6-10)14(18)8-19-11-4-5-13(17)12(16)7-11/h1-7H,8H2. The molecular formula is C14H9Cl2FO2. The molecule has 0 aromatic heterocycles. The van der Waals surface area contributed by atoms with E-state index in [2.05, 4.69) is 0 Å². The molecule has 0 aliphatic carbocycles. The summed E-state index contributed by atoms with van der Waals surface area (Å²) >= 11 is 11.4. The van der Waals surface area contributed by atoms with E-state index in [1.807, 2.05) is 0 Å². The fourth-order valence-electron chi connectivity index (χ4n) is 1.46. The number of benzene rings is 2. The van der Waals surface area contributed by atoms with Crippen LogP contribution in [0.15, 0.2) is 42.5 Å². The minimum Gasteiger partial charge on any atom is -0.485 e. The molecule has 2 aromatic rings. The molecule has 0 bridgehead atoms. The molecule has 2 aromatic carbocycles. The molecule has 98 valence electrons. The normalized spacial score (nSPS) is 10.3. The second-order valence-corrected chi connectivity index (χ2v) is 4.64. The quantitative estimate of drug-likeness (QED) is 0.782. The molecule has 19 heavy (non-hydrogen) atoms. The average Bonchev–Trinajstić information content (AvgIpc) is 2.40. The Labute approximate surface area is 119 Å². The second-order valence-electron chi connectivity index (χ2n) is 3.80. The van der Waals surface area contributed by atoms with Crippen LogP contribution >= 0.6 is 23.2 Å². The van der Waals surface area contributed by atoms with Crippen molar-refractivity contribution >= 4 is 29.0 Å². The zero-order chi connectivity index (χ0) is 13.8. The fraction of sp³-hybridized carbons (Fsp3) is 0.0714. The maximum absolute atomic E-state index is 12.9. The molecule has 0 aliphatic heterocycles. The Kier molecular flexibility index (Phi) is 4.40. The van der Waals surface area contributed by atoms with E-state index in [1.54, 1.807) is 24.3 Å². The highest BCUT2D eigenvalue weighted by molar-refractivity contribution is 6.31. The summed E-state index contributed by atoms with van der Waals surface area (Å²) in [6.07, 6.45) is 0. The highest BCUT2D eigenvalue weighted by Crippen LogP contribution is 2.21. The molecule has 0 spiro atoms. The lowest BCUT2D eigenvalue weighted by Gasteiger charge is -2.06. The van der Waals surface area contributed by atoms with E-state index < -0.39 is 5.82 Å². The number of hydrogen-bond donors (Lipinski definition) is 0. The summed E-state index contributed by atoms with van der Waals surface area (Å²) in [7, 11) is 0. The first-order chi connectivity index (χ1) is 9.06. The summed E-state index contributed by atoms with van der Waals surface area (Å²) in [5.74, 6) is -0.417. The van der Waals surface area contributed by atoms with Crippen LogP contribution in [-0.2, 0) is 0 Å². The molecule has 0 fully saturated rings. The number of hydrogen-bond acceptors (Lipinski definition) is 2. The third-order valence-corrected chi connectivity index (χ3v) is 2.93. The number of halogens is 3. The van der Waals surface area contributed by atoms with Gasteiger partial charge in [0.2, 0.25) is 0 Å². The summed E-state index contributed by atoms with van der Waals surface area (Å²) in [5.41, 5.74) is 0.459. The molecule has 0 radical (unpaired) electrons. The van der Waals surface area contributed by atoms with E-state index >= 15 is 0 Å². The summed E-state index contributed by atoms with van der Waals surface area (Å²) in [6, 6.07) is 10.5. The molecule has 5 heteroatoms. The number of carbonyl (C=O) groups excluding carboxylic acids is 1. The number of rotatable bonds is 4. The third kappa shape index (κ3) is 3.69. The largest absolute Gasteiger partial charge is 0.485 e. The van der Waals surface area contributed by atoms with Gasteiger partial charge < -0.3 is 4.74 Å².